The number of hydrogen-bond acceptors (Lipinski definition) is 3. The number of aryl methyl sites for hydroxylation is 1. The highest BCUT2D eigenvalue weighted by Crippen LogP contribution is 2.29. The van der Waals surface area contributed by atoms with Crippen molar-refractivity contribution in [3.05, 3.63) is 53.7 Å². The van der Waals surface area contributed by atoms with E-state index in [0.717, 1.165) is 46.9 Å². The van der Waals surface area contributed by atoms with Gasteiger partial charge >= 0.3 is 0 Å². The van der Waals surface area contributed by atoms with Crippen LogP contribution in [0.2, 0.25) is 0 Å². The molecule has 6 nitrogen and oxygen atoms in total. The normalized spacial score (nSPS) is 18.5. The molecule has 2 atom stereocenters. The average molecular weight is 405 g/mol. The Bertz CT molecular complexity index is 1070. The summed E-state index contributed by atoms with van der Waals surface area (Å²) in [5.41, 5.74) is 5.09. The molecule has 1 heterocycles. The molecule has 6 heteroatoms. The van der Waals surface area contributed by atoms with Crippen molar-refractivity contribution in [1.29, 1.82) is 0 Å². The van der Waals surface area contributed by atoms with Crippen LogP contribution in [-0.4, -0.2) is 46.0 Å². The minimum atomic E-state index is 0.0241. The molecule has 30 heavy (non-hydrogen) atoms. The lowest BCUT2D eigenvalue weighted by Gasteiger charge is -2.25. The van der Waals surface area contributed by atoms with E-state index < -0.39 is 0 Å². The Labute approximate surface area is 176 Å². The number of aromatic amines is 1. The van der Waals surface area contributed by atoms with Crippen molar-refractivity contribution >= 4 is 22.7 Å². The van der Waals surface area contributed by atoms with Gasteiger partial charge < -0.3 is 10.2 Å². The van der Waals surface area contributed by atoms with E-state index in [1.54, 1.807) is 0 Å². The maximum atomic E-state index is 13.0. The second-order valence-electron chi connectivity index (χ2n) is 8.20. The molecular formula is C24H28N4O2. The first-order valence-corrected chi connectivity index (χ1v) is 10.6. The van der Waals surface area contributed by atoms with Gasteiger partial charge in [-0.15, -0.1) is 0 Å². The standard InChI is InChI=1S/C24H28N4O2/c1-4-23(29)26-19-9-10-20(13-19)28(3)24(30)17-7-5-16(6-8-17)21-12-18-14-25-27-22(18)11-15(21)2/h5-8,11-12,14,19-20H,4,9-10,13H2,1-3H3,(H,25,27)(H,26,29)/t19-,20+/m0/s1. The number of nitrogens with one attached hydrogen (secondary N) is 2. The van der Waals surface area contributed by atoms with Crippen LogP contribution in [-0.2, 0) is 4.79 Å². The predicted octanol–water partition coefficient (Wildman–Crippen LogP) is 4.06. The highest BCUT2D eigenvalue weighted by molar-refractivity contribution is 5.95. The molecule has 0 spiro atoms. The molecule has 1 aromatic heterocycles. The van der Waals surface area contributed by atoms with Crippen molar-refractivity contribution in [2.45, 2.75) is 51.6 Å². The summed E-state index contributed by atoms with van der Waals surface area (Å²) < 4.78 is 0. The third-order valence-corrected chi connectivity index (χ3v) is 6.19. The number of benzene rings is 2. The predicted molar refractivity (Wildman–Crippen MR) is 118 cm³/mol. The van der Waals surface area contributed by atoms with E-state index in [1.165, 1.54) is 0 Å². The van der Waals surface area contributed by atoms with Gasteiger partial charge in [0.1, 0.15) is 0 Å². The Balaban J connectivity index is 1.46. The van der Waals surface area contributed by atoms with Crippen LogP contribution in [0, 0.1) is 6.92 Å². The third-order valence-electron chi connectivity index (χ3n) is 6.19. The van der Waals surface area contributed by atoms with Crippen LogP contribution in [0.4, 0.5) is 0 Å². The maximum absolute atomic E-state index is 13.0. The van der Waals surface area contributed by atoms with Crippen molar-refractivity contribution in [2.24, 2.45) is 0 Å². The van der Waals surface area contributed by atoms with E-state index in [4.69, 9.17) is 0 Å². The lowest BCUT2D eigenvalue weighted by Crippen LogP contribution is -2.38. The monoisotopic (exact) mass is 404 g/mol. The molecule has 1 aliphatic rings. The zero-order chi connectivity index (χ0) is 21.3. The summed E-state index contributed by atoms with van der Waals surface area (Å²) in [6.45, 7) is 3.94. The summed E-state index contributed by atoms with van der Waals surface area (Å²) in [4.78, 5) is 26.5. The Kier molecular flexibility index (Phi) is 5.57. The molecule has 2 amide bonds. The second-order valence-corrected chi connectivity index (χ2v) is 8.20. The van der Waals surface area contributed by atoms with Crippen molar-refractivity contribution in [3.8, 4) is 11.1 Å². The van der Waals surface area contributed by atoms with Crippen molar-refractivity contribution in [3.63, 3.8) is 0 Å². The molecule has 0 radical (unpaired) electrons. The Morgan fingerprint density at radius 3 is 2.70 bits per heavy atom. The largest absolute Gasteiger partial charge is 0.353 e. The lowest BCUT2D eigenvalue weighted by atomic mass is 9.97. The molecular weight excluding hydrogens is 376 g/mol. The van der Waals surface area contributed by atoms with Gasteiger partial charge in [-0.1, -0.05) is 19.1 Å². The maximum Gasteiger partial charge on any atom is 0.253 e. The zero-order valence-corrected chi connectivity index (χ0v) is 17.7. The summed E-state index contributed by atoms with van der Waals surface area (Å²) in [5.74, 6) is 0.102. The minimum Gasteiger partial charge on any atom is -0.353 e. The van der Waals surface area contributed by atoms with Gasteiger partial charge in [0.25, 0.3) is 5.91 Å². The number of hydrogen-bond donors (Lipinski definition) is 2. The first-order chi connectivity index (χ1) is 14.5. The van der Waals surface area contributed by atoms with Crippen molar-refractivity contribution in [2.75, 3.05) is 7.05 Å². The minimum absolute atomic E-state index is 0.0241. The lowest BCUT2D eigenvalue weighted by molar-refractivity contribution is -0.121. The van der Waals surface area contributed by atoms with Gasteiger partial charge in [0.05, 0.1) is 11.7 Å². The van der Waals surface area contributed by atoms with Crippen LogP contribution >= 0.6 is 0 Å². The topological polar surface area (TPSA) is 78.1 Å². The highest BCUT2D eigenvalue weighted by Gasteiger charge is 2.30. The number of fused-ring (bicyclic) bond motifs is 1. The number of aromatic nitrogens is 2. The van der Waals surface area contributed by atoms with Crippen molar-refractivity contribution in [1.82, 2.24) is 20.4 Å². The van der Waals surface area contributed by atoms with E-state index in [0.29, 0.717) is 12.0 Å². The number of H-pyrrole nitrogens is 1. The third kappa shape index (κ3) is 3.95. The van der Waals surface area contributed by atoms with Gasteiger partial charge in [-0.25, -0.2) is 0 Å². The molecule has 1 fully saturated rings. The van der Waals surface area contributed by atoms with Gasteiger partial charge in [-0.2, -0.15) is 5.10 Å². The molecule has 156 valence electrons. The van der Waals surface area contributed by atoms with Gasteiger partial charge in [-0.3, -0.25) is 14.7 Å². The number of amides is 2. The highest BCUT2D eigenvalue weighted by atomic mass is 16.2. The van der Waals surface area contributed by atoms with Crippen LogP contribution in [0.5, 0.6) is 0 Å². The molecule has 0 unspecified atom stereocenters. The molecule has 0 bridgehead atoms. The quantitative estimate of drug-likeness (QED) is 0.673. The van der Waals surface area contributed by atoms with Gasteiger partial charge in [0.2, 0.25) is 5.91 Å². The fraction of sp³-hybridized carbons (Fsp3) is 0.375. The summed E-state index contributed by atoms with van der Waals surface area (Å²) in [7, 11) is 1.86. The SMILES string of the molecule is CCC(=O)N[C@H]1CC[C@@H](N(C)C(=O)c2ccc(-c3cc4cn[nH]c4cc3C)cc2)C1. The van der Waals surface area contributed by atoms with E-state index >= 15 is 0 Å². The first-order valence-electron chi connectivity index (χ1n) is 10.6. The van der Waals surface area contributed by atoms with E-state index in [-0.39, 0.29) is 23.9 Å². The van der Waals surface area contributed by atoms with Gasteiger partial charge in [0.15, 0.2) is 0 Å². The molecule has 0 aliphatic heterocycles. The summed E-state index contributed by atoms with van der Waals surface area (Å²) >= 11 is 0. The van der Waals surface area contributed by atoms with Crippen LogP contribution in [0.1, 0.15) is 48.5 Å². The molecule has 3 aromatic rings. The molecule has 2 aromatic carbocycles. The van der Waals surface area contributed by atoms with Gasteiger partial charge in [-0.05, 0) is 67.1 Å². The Morgan fingerprint density at radius 2 is 1.97 bits per heavy atom. The molecule has 0 saturated heterocycles. The van der Waals surface area contributed by atoms with Crippen molar-refractivity contribution < 1.29 is 9.59 Å². The molecule has 4 rings (SSSR count). The van der Waals surface area contributed by atoms with E-state index in [9.17, 15) is 9.59 Å². The van der Waals surface area contributed by atoms with E-state index in [1.807, 2.05) is 49.3 Å². The smallest absolute Gasteiger partial charge is 0.253 e. The van der Waals surface area contributed by atoms with Crippen LogP contribution in [0.3, 0.4) is 0 Å². The Hall–Kier alpha value is -3.15. The summed E-state index contributed by atoms with van der Waals surface area (Å²) in [5, 5.41) is 11.2. The Morgan fingerprint density at radius 1 is 1.20 bits per heavy atom. The first kappa shape index (κ1) is 20.1. The number of carbonyl (C=O) groups is 2. The van der Waals surface area contributed by atoms with E-state index in [2.05, 4.69) is 34.6 Å². The molecule has 1 saturated carbocycles. The fourth-order valence-corrected chi connectivity index (χ4v) is 4.34. The zero-order valence-electron chi connectivity index (χ0n) is 17.7. The second kappa shape index (κ2) is 8.30. The average Bonchev–Trinajstić information content (AvgIpc) is 3.41. The number of nitrogens with zero attached hydrogens (tertiary/aromatic N) is 2. The summed E-state index contributed by atoms with van der Waals surface area (Å²) in [6, 6.07) is 12.4. The molecule has 2 N–H and O–H groups in total. The summed E-state index contributed by atoms with van der Waals surface area (Å²) in [6.07, 6.45) is 4.97. The van der Waals surface area contributed by atoms with Crippen LogP contribution in [0.15, 0.2) is 42.6 Å². The number of carbonyl (C=O) groups excluding carboxylic acids is 2. The number of rotatable bonds is 5. The van der Waals surface area contributed by atoms with Gasteiger partial charge in [0, 0.05) is 36.5 Å². The fourth-order valence-electron chi connectivity index (χ4n) is 4.34. The molecule has 1 aliphatic carbocycles. The van der Waals surface area contributed by atoms with Crippen LogP contribution < -0.4 is 5.32 Å². The van der Waals surface area contributed by atoms with Crippen LogP contribution in [0.25, 0.3) is 22.0 Å².